The number of hydrogen-bond donors (Lipinski definition) is 1. The molecule has 0 saturated heterocycles. The van der Waals surface area contributed by atoms with Crippen LogP contribution in [0.4, 0.5) is 5.69 Å². The molecule has 0 unspecified atom stereocenters. The minimum absolute atomic E-state index is 0.985. The van der Waals surface area contributed by atoms with Crippen LogP contribution in [-0.4, -0.2) is 0 Å². The van der Waals surface area contributed by atoms with Crippen molar-refractivity contribution in [1.82, 2.24) is 0 Å². The van der Waals surface area contributed by atoms with Crippen LogP contribution < -0.4 is 5.32 Å². The SMILES string of the molecule is N#CC=CNc1ccccc1. The van der Waals surface area contributed by atoms with E-state index in [9.17, 15) is 0 Å². The number of anilines is 1. The molecule has 0 atom stereocenters. The number of rotatable bonds is 2. The van der Waals surface area contributed by atoms with Gasteiger partial charge in [-0.2, -0.15) is 5.26 Å². The smallest absolute Gasteiger partial charge is 0.0927 e. The summed E-state index contributed by atoms with van der Waals surface area (Å²) < 4.78 is 0. The fraction of sp³-hybridized carbons (Fsp3) is 0. The molecule has 0 spiro atoms. The first-order valence-electron chi connectivity index (χ1n) is 3.29. The van der Waals surface area contributed by atoms with Crippen molar-refractivity contribution in [1.29, 1.82) is 5.26 Å². The second kappa shape index (κ2) is 4.13. The molecule has 1 N–H and O–H groups in total. The molecule has 0 radical (unpaired) electrons. The largest absolute Gasteiger partial charge is 0.361 e. The number of nitriles is 1. The van der Waals surface area contributed by atoms with E-state index in [2.05, 4.69) is 5.32 Å². The fourth-order valence-electron chi connectivity index (χ4n) is 0.710. The topological polar surface area (TPSA) is 35.8 Å². The van der Waals surface area contributed by atoms with Gasteiger partial charge in [0.1, 0.15) is 0 Å². The molecular formula is C9H8N2. The van der Waals surface area contributed by atoms with E-state index in [0.29, 0.717) is 0 Å². The maximum Gasteiger partial charge on any atom is 0.0927 e. The molecule has 0 amide bonds. The molecule has 0 aromatic heterocycles. The average Bonchev–Trinajstić information content (AvgIpc) is 2.07. The van der Waals surface area contributed by atoms with Crippen molar-refractivity contribution < 1.29 is 0 Å². The summed E-state index contributed by atoms with van der Waals surface area (Å²) in [6, 6.07) is 11.6. The first-order chi connectivity index (χ1) is 5.43. The first kappa shape index (κ1) is 7.36. The van der Waals surface area contributed by atoms with Crippen molar-refractivity contribution in [2.24, 2.45) is 0 Å². The van der Waals surface area contributed by atoms with Crippen LogP contribution in [0.3, 0.4) is 0 Å². The highest BCUT2D eigenvalue weighted by atomic mass is 14.8. The summed E-state index contributed by atoms with van der Waals surface area (Å²) in [7, 11) is 0. The molecule has 0 heterocycles. The summed E-state index contributed by atoms with van der Waals surface area (Å²) in [4.78, 5) is 0. The Morgan fingerprint density at radius 3 is 2.64 bits per heavy atom. The quantitative estimate of drug-likeness (QED) is 0.645. The summed E-state index contributed by atoms with van der Waals surface area (Å²) in [5.74, 6) is 0. The Morgan fingerprint density at radius 1 is 1.27 bits per heavy atom. The van der Waals surface area contributed by atoms with Gasteiger partial charge in [-0.05, 0) is 12.1 Å². The average molecular weight is 144 g/mol. The van der Waals surface area contributed by atoms with Crippen molar-refractivity contribution in [2.75, 3.05) is 5.32 Å². The van der Waals surface area contributed by atoms with E-state index in [1.807, 2.05) is 36.4 Å². The Hall–Kier alpha value is -1.75. The van der Waals surface area contributed by atoms with Crippen LogP contribution in [0.1, 0.15) is 0 Å². The van der Waals surface area contributed by atoms with Gasteiger partial charge in [-0.25, -0.2) is 0 Å². The zero-order valence-corrected chi connectivity index (χ0v) is 5.99. The van der Waals surface area contributed by atoms with Crippen LogP contribution in [0, 0.1) is 11.3 Å². The van der Waals surface area contributed by atoms with Gasteiger partial charge in [-0.3, -0.25) is 0 Å². The maximum atomic E-state index is 8.17. The lowest BCUT2D eigenvalue weighted by atomic mass is 10.3. The van der Waals surface area contributed by atoms with E-state index >= 15 is 0 Å². The molecule has 0 saturated carbocycles. The lowest BCUT2D eigenvalue weighted by molar-refractivity contribution is 1.52. The van der Waals surface area contributed by atoms with Crippen molar-refractivity contribution >= 4 is 5.69 Å². The minimum atomic E-state index is 0.985. The zero-order chi connectivity index (χ0) is 7.94. The third kappa shape index (κ3) is 2.55. The zero-order valence-electron chi connectivity index (χ0n) is 5.99. The second-order valence-corrected chi connectivity index (χ2v) is 1.97. The standard InChI is InChI=1S/C9H8N2/c10-7-4-8-11-9-5-2-1-3-6-9/h1-6,8,11H. The highest BCUT2D eigenvalue weighted by Crippen LogP contribution is 2.03. The molecule has 0 bridgehead atoms. The van der Waals surface area contributed by atoms with Gasteiger partial charge in [0.2, 0.25) is 0 Å². The molecule has 0 aliphatic heterocycles. The van der Waals surface area contributed by atoms with Gasteiger partial charge in [-0.15, -0.1) is 0 Å². The molecule has 2 heteroatoms. The molecule has 54 valence electrons. The highest BCUT2D eigenvalue weighted by Gasteiger charge is 1.81. The number of allylic oxidation sites excluding steroid dienone is 1. The summed E-state index contributed by atoms with van der Waals surface area (Å²) in [5.41, 5.74) is 0.985. The Bertz CT molecular complexity index is 269. The predicted molar refractivity (Wildman–Crippen MR) is 44.8 cm³/mol. The number of para-hydroxylation sites is 1. The van der Waals surface area contributed by atoms with Gasteiger partial charge in [0.05, 0.1) is 6.07 Å². The van der Waals surface area contributed by atoms with Crippen molar-refractivity contribution in [2.45, 2.75) is 0 Å². The van der Waals surface area contributed by atoms with Crippen LogP contribution in [0.5, 0.6) is 0 Å². The number of hydrogen-bond acceptors (Lipinski definition) is 2. The normalized spacial score (nSPS) is 9.36. The van der Waals surface area contributed by atoms with E-state index < -0.39 is 0 Å². The summed E-state index contributed by atoms with van der Waals surface area (Å²) in [5, 5.41) is 11.1. The molecule has 0 fully saturated rings. The van der Waals surface area contributed by atoms with Crippen LogP contribution in [0.2, 0.25) is 0 Å². The van der Waals surface area contributed by atoms with E-state index in [1.165, 1.54) is 6.08 Å². The molecule has 1 aromatic carbocycles. The van der Waals surface area contributed by atoms with Gasteiger partial charge in [-0.1, -0.05) is 18.2 Å². The molecule has 11 heavy (non-hydrogen) atoms. The van der Waals surface area contributed by atoms with Gasteiger partial charge in [0, 0.05) is 18.0 Å². The number of benzene rings is 1. The van der Waals surface area contributed by atoms with Gasteiger partial charge in [0.15, 0.2) is 0 Å². The van der Waals surface area contributed by atoms with Gasteiger partial charge in [0.25, 0.3) is 0 Å². The van der Waals surface area contributed by atoms with Crippen molar-refractivity contribution in [3.05, 3.63) is 42.6 Å². The molecule has 1 aromatic rings. The van der Waals surface area contributed by atoms with Crippen molar-refractivity contribution in [3.8, 4) is 6.07 Å². The molecule has 2 nitrogen and oxygen atoms in total. The second-order valence-electron chi connectivity index (χ2n) is 1.97. The number of nitrogens with zero attached hydrogens (tertiary/aromatic N) is 1. The van der Waals surface area contributed by atoms with E-state index in [4.69, 9.17) is 5.26 Å². The van der Waals surface area contributed by atoms with E-state index in [1.54, 1.807) is 6.20 Å². The molecule has 0 aliphatic rings. The van der Waals surface area contributed by atoms with Crippen molar-refractivity contribution in [3.63, 3.8) is 0 Å². The molecular weight excluding hydrogens is 136 g/mol. The Kier molecular flexibility index (Phi) is 2.76. The maximum absolute atomic E-state index is 8.17. The van der Waals surface area contributed by atoms with Gasteiger partial charge < -0.3 is 5.32 Å². The van der Waals surface area contributed by atoms with E-state index in [-0.39, 0.29) is 0 Å². The van der Waals surface area contributed by atoms with Crippen LogP contribution >= 0.6 is 0 Å². The Morgan fingerprint density at radius 2 is 2.00 bits per heavy atom. The summed E-state index contributed by atoms with van der Waals surface area (Å²) in [6.07, 6.45) is 3.00. The van der Waals surface area contributed by atoms with Crippen LogP contribution in [0.25, 0.3) is 0 Å². The summed E-state index contributed by atoms with van der Waals surface area (Å²) >= 11 is 0. The Balaban J connectivity index is 2.53. The fourth-order valence-corrected chi connectivity index (χ4v) is 0.710. The van der Waals surface area contributed by atoms with Crippen LogP contribution in [0.15, 0.2) is 42.6 Å². The van der Waals surface area contributed by atoms with Gasteiger partial charge >= 0.3 is 0 Å². The highest BCUT2D eigenvalue weighted by molar-refractivity contribution is 5.45. The van der Waals surface area contributed by atoms with Crippen LogP contribution in [-0.2, 0) is 0 Å². The molecule has 1 rings (SSSR count). The summed E-state index contributed by atoms with van der Waals surface area (Å²) in [6.45, 7) is 0. The lowest BCUT2D eigenvalue weighted by Gasteiger charge is -1.96. The lowest BCUT2D eigenvalue weighted by Crippen LogP contribution is -1.84. The predicted octanol–water partition coefficient (Wildman–Crippen LogP) is 2.14. The third-order valence-corrected chi connectivity index (χ3v) is 1.18. The number of nitrogens with one attached hydrogen (secondary N) is 1. The minimum Gasteiger partial charge on any atom is -0.361 e. The van der Waals surface area contributed by atoms with E-state index in [0.717, 1.165) is 5.69 Å². The first-order valence-corrected chi connectivity index (χ1v) is 3.29. The molecule has 0 aliphatic carbocycles. The monoisotopic (exact) mass is 144 g/mol. The third-order valence-electron chi connectivity index (χ3n) is 1.18. The Labute approximate surface area is 65.8 Å².